The molecule has 0 radical (unpaired) electrons. The molecule has 5 heteroatoms. The molecule has 1 unspecified atom stereocenters. The molecule has 0 aliphatic heterocycles. The summed E-state index contributed by atoms with van der Waals surface area (Å²) < 4.78 is 3.95. The molecule has 0 amide bonds. The van der Waals surface area contributed by atoms with Gasteiger partial charge in [0.1, 0.15) is 18.4 Å². The molecule has 24 heavy (non-hydrogen) atoms. The van der Waals surface area contributed by atoms with E-state index < -0.39 is 0 Å². The Balaban J connectivity index is 1.74. The Kier molecular flexibility index (Phi) is 5.03. The molecule has 0 saturated heterocycles. The van der Waals surface area contributed by atoms with Gasteiger partial charge in [0, 0.05) is 5.56 Å². The molecule has 122 valence electrons. The van der Waals surface area contributed by atoms with Crippen LogP contribution in [0.3, 0.4) is 0 Å². The first kappa shape index (κ1) is 16.7. The lowest BCUT2D eigenvalue weighted by Crippen LogP contribution is -2.36. The lowest BCUT2D eigenvalue weighted by molar-refractivity contribution is -0.682. The number of aromatic nitrogens is 2. The molecule has 0 saturated carbocycles. The van der Waals surface area contributed by atoms with Crippen molar-refractivity contribution in [2.75, 3.05) is 0 Å². The van der Waals surface area contributed by atoms with Crippen LogP contribution < -0.4 is 4.57 Å². The fraction of sp³-hybridized carbons (Fsp3) is 0.158. The number of halogens is 2. The van der Waals surface area contributed by atoms with Gasteiger partial charge in [-0.15, -0.1) is 0 Å². The standard InChI is InChI=1S/C19H17Cl2N2O/c1-14(15-5-3-2-4-6-15)23-10-9-22(13-23)12-19(24)16-7-8-17(20)18(21)11-16/h2-11,13-14H,12H2,1H3/q+1. The molecule has 0 spiro atoms. The quantitative estimate of drug-likeness (QED) is 0.483. The molecule has 0 aliphatic rings. The number of imidazole rings is 1. The van der Waals surface area contributed by atoms with Gasteiger partial charge in [0.05, 0.1) is 10.0 Å². The Labute approximate surface area is 151 Å². The summed E-state index contributed by atoms with van der Waals surface area (Å²) in [6, 6.07) is 15.4. The monoisotopic (exact) mass is 359 g/mol. The number of carbonyl (C=O) groups excluding carboxylic acids is 1. The second-order valence-corrected chi connectivity index (χ2v) is 6.49. The summed E-state index contributed by atoms with van der Waals surface area (Å²) >= 11 is 11.9. The van der Waals surface area contributed by atoms with E-state index in [0.717, 1.165) is 0 Å². The largest absolute Gasteiger partial charge is 0.290 e. The van der Waals surface area contributed by atoms with Crippen molar-refractivity contribution >= 4 is 29.0 Å². The van der Waals surface area contributed by atoms with E-state index in [0.29, 0.717) is 15.6 Å². The summed E-state index contributed by atoms with van der Waals surface area (Å²) in [4.78, 5) is 12.4. The molecular weight excluding hydrogens is 343 g/mol. The first-order chi connectivity index (χ1) is 11.5. The Bertz CT molecular complexity index is 859. The van der Waals surface area contributed by atoms with Crippen LogP contribution in [0.5, 0.6) is 0 Å². The number of benzene rings is 2. The SMILES string of the molecule is CC(c1ccccc1)n1cc[n+](CC(=O)c2ccc(Cl)c(Cl)c2)c1. The number of Topliss-reactive ketones (excluding diaryl/α,β-unsaturated/α-hetero) is 1. The topological polar surface area (TPSA) is 25.9 Å². The van der Waals surface area contributed by atoms with Crippen molar-refractivity contribution in [3.05, 3.63) is 88.4 Å². The maximum atomic E-state index is 12.4. The molecule has 3 aromatic rings. The molecular formula is C19H17Cl2N2O+. The highest BCUT2D eigenvalue weighted by molar-refractivity contribution is 6.42. The molecule has 0 fully saturated rings. The summed E-state index contributed by atoms with van der Waals surface area (Å²) in [7, 11) is 0. The summed E-state index contributed by atoms with van der Waals surface area (Å²) in [6.45, 7) is 2.38. The Morgan fingerprint density at radius 1 is 1.12 bits per heavy atom. The zero-order valence-corrected chi connectivity index (χ0v) is 14.7. The van der Waals surface area contributed by atoms with Crippen LogP contribution in [0.1, 0.15) is 28.9 Å². The smallest absolute Gasteiger partial charge is 0.244 e. The van der Waals surface area contributed by atoms with Crippen molar-refractivity contribution in [2.24, 2.45) is 0 Å². The first-order valence-corrected chi connectivity index (χ1v) is 8.40. The van der Waals surface area contributed by atoms with E-state index >= 15 is 0 Å². The summed E-state index contributed by atoms with van der Waals surface area (Å²) in [5.74, 6) is -0.0105. The molecule has 0 N–H and O–H groups in total. The van der Waals surface area contributed by atoms with Crippen molar-refractivity contribution in [1.29, 1.82) is 0 Å². The van der Waals surface area contributed by atoms with Crippen molar-refractivity contribution in [3.8, 4) is 0 Å². The van der Waals surface area contributed by atoms with Crippen LogP contribution >= 0.6 is 23.2 Å². The van der Waals surface area contributed by atoms with E-state index in [1.165, 1.54) is 5.56 Å². The normalized spacial score (nSPS) is 12.1. The summed E-state index contributed by atoms with van der Waals surface area (Å²) in [6.07, 6.45) is 5.81. The van der Waals surface area contributed by atoms with Gasteiger partial charge in [0.25, 0.3) is 0 Å². The van der Waals surface area contributed by atoms with Crippen LogP contribution in [0.2, 0.25) is 10.0 Å². The van der Waals surface area contributed by atoms with E-state index in [2.05, 4.69) is 23.6 Å². The van der Waals surface area contributed by atoms with Gasteiger partial charge in [0.15, 0.2) is 6.54 Å². The van der Waals surface area contributed by atoms with E-state index in [1.54, 1.807) is 18.2 Å². The minimum Gasteiger partial charge on any atom is -0.290 e. The van der Waals surface area contributed by atoms with Gasteiger partial charge in [-0.2, -0.15) is 0 Å². The minimum atomic E-state index is -0.0105. The summed E-state index contributed by atoms with van der Waals surface area (Å²) in [5, 5.41) is 0.839. The van der Waals surface area contributed by atoms with Crippen molar-refractivity contribution in [2.45, 2.75) is 19.5 Å². The zero-order chi connectivity index (χ0) is 17.1. The maximum absolute atomic E-state index is 12.4. The third kappa shape index (κ3) is 3.69. The predicted molar refractivity (Wildman–Crippen MR) is 95.7 cm³/mol. The van der Waals surface area contributed by atoms with Gasteiger partial charge in [-0.05, 0) is 30.7 Å². The Morgan fingerprint density at radius 3 is 2.58 bits per heavy atom. The molecule has 0 aliphatic carbocycles. The second kappa shape index (κ2) is 7.20. The molecule has 1 atom stereocenters. The number of hydrogen-bond donors (Lipinski definition) is 0. The highest BCUT2D eigenvalue weighted by atomic mass is 35.5. The van der Waals surface area contributed by atoms with E-state index in [4.69, 9.17) is 23.2 Å². The zero-order valence-electron chi connectivity index (χ0n) is 13.2. The third-order valence-corrected chi connectivity index (χ3v) is 4.75. The van der Waals surface area contributed by atoms with Crippen molar-refractivity contribution in [1.82, 2.24) is 4.57 Å². The molecule has 1 heterocycles. The number of hydrogen-bond acceptors (Lipinski definition) is 1. The van der Waals surface area contributed by atoms with E-state index in [9.17, 15) is 4.79 Å². The van der Waals surface area contributed by atoms with Crippen LogP contribution in [0.15, 0.2) is 67.3 Å². The molecule has 3 nitrogen and oxygen atoms in total. The van der Waals surface area contributed by atoms with E-state index in [-0.39, 0.29) is 18.4 Å². The maximum Gasteiger partial charge on any atom is 0.244 e. The van der Waals surface area contributed by atoms with Gasteiger partial charge in [-0.25, -0.2) is 9.13 Å². The van der Waals surface area contributed by atoms with Crippen molar-refractivity contribution < 1.29 is 9.36 Å². The van der Waals surface area contributed by atoms with Crippen LogP contribution in [-0.2, 0) is 6.54 Å². The second-order valence-electron chi connectivity index (χ2n) is 5.67. The average molecular weight is 360 g/mol. The molecule has 1 aromatic heterocycles. The van der Waals surface area contributed by atoms with E-state index in [1.807, 2.05) is 41.5 Å². The van der Waals surface area contributed by atoms with Crippen LogP contribution in [0.25, 0.3) is 0 Å². The highest BCUT2D eigenvalue weighted by Gasteiger charge is 2.16. The van der Waals surface area contributed by atoms with Crippen LogP contribution in [0.4, 0.5) is 0 Å². The van der Waals surface area contributed by atoms with Gasteiger partial charge >= 0.3 is 0 Å². The van der Waals surface area contributed by atoms with Crippen LogP contribution in [0, 0.1) is 0 Å². The predicted octanol–water partition coefficient (Wildman–Crippen LogP) is 4.57. The fourth-order valence-electron chi connectivity index (χ4n) is 2.56. The van der Waals surface area contributed by atoms with Gasteiger partial charge in [-0.1, -0.05) is 53.5 Å². The number of carbonyl (C=O) groups is 1. The Morgan fingerprint density at radius 2 is 1.88 bits per heavy atom. The fourth-order valence-corrected chi connectivity index (χ4v) is 2.86. The first-order valence-electron chi connectivity index (χ1n) is 7.64. The molecule has 3 rings (SSSR count). The lowest BCUT2D eigenvalue weighted by atomic mass is 10.1. The van der Waals surface area contributed by atoms with Crippen molar-refractivity contribution in [3.63, 3.8) is 0 Å². The summed E-state index contributed by atoms with van der Waals surface area (Å²) in [5.41, 5.74) is 1.77. The Hall–Kier alpha value is -2.10. The third-order valence-electron chi connectivity index (χ3n) is 4.01. The molecule has 2 aromatic carbocycles. The minimum absolute atomic E-state index is 0.0105. The number of rotatable bonds is 5. The van der Waals surface area contributed by atoms with Crippen LogP contribution in [-0.4, -0.2) is 10.4 Å². The highest BCUT2D eigenvalue weighted by Crippen LogP contribution is 2.22. The van der Waals surface area contributed by atoms with Gasteiger partial charge in [-0.3, -0.25) is 4.79 Å². The molecule has 0 bridgehead atoms. The number of ketones is 1. The van der Waals surface area contributed by atoms with Gasteiger partial charge < -0.3 is 0 Å². The number of nitrogens with zero attached hydrogens (tertiary/aromatic N) is 2. The lowest BCUT2D eigenvalue weighted by Gasteiger charge is -2.07. The van der Waals surface area contributed by atoms with Gasteiger partial charge in [0.2, 0.25) is 12.1 Å². The average Bonchev–Trinajstić information content (AvgIpc) is 3.06.